The molecule has 1 amide bonds. The molecule has 1 aliphatic rings. The van der Waals surface area contributed by atoms with Gasteiger partial charge >= 0.3 is 0 Å². The Labute approximate surface area is 129 Å². The first-order valence-electron chi connectivity index (χ1n) is 7.08. The zero-order valence-electron chi connectivity index (χ0n) is 11.4. The van der Waals surface area contributed by atoms with E-state index in [0.717, 1.165) is 12.8 Å². The lowest BCUT2D eigenvalue weighted by Gasteiger charge is -2.30. The Kier molecular flexibility index (Phi) is 5.70. The molecule has 3 N–H and O–H groups in total. The number of nitrogens with two attached hydrogens (primary N) is 1. The van der Waals surface area contributed by atoms with Gasteiger partial charge in [-0.2, -0.15) is 0 Å². The number of amides is 1. The van der Waals surface area contributed by atoms with Crippen LogP contribution in [0.25, 0.3) is 0 Å². The summed E-state index contributed by atoms with van der Waals surface area (Å²) in [6.07, 6.45) is 5.97. The van der Waals surface area contributed by atoms with Crippen LogP contribution >= 0.6 is 23.2 Å². The molecule has 0 aromatic heterocycles. The molecule has 3 nitrogen and oxygen atoms in total. The molecule has 1 fully saturated rings. The van der Waals surface area contributed by atoms with E-state index in [1.54, 1.807) is 18.2 Å². The maximum atomic E-state index is 12.3. The predicted molar refractivity (Wildman–Crippen MR) is 83.3 cm³/mol. The molecule has 0 bridgehead atoms. The summed E-state index contributed by atoms with van der Waals surface area (Å²) in [4.78, 5) is 12.3. The van der Waals surface area contributed by atoms with Gasteiger partial charge in [-0.05, 0) is 37.0 Å². The molecule has 0 spiro atoms. The largest absolute Gasteiger partial charge is 0.348 e. The minimum Gasteiger partial charge on any atom is -0.348 e. The molecule has 1 saturated carbocycles. The number of halogens is 2. The van der Waals surface area contributed by atoms with E-state index in [-0.39, 0.29) is 11.9 Å². The maximum absolute atomic E-state index is 12.3. The van der Waals surface area contributed by atoms with E-state index in [0.29, 0.717) is 28.1 Å². The minimum absolute atomic E-state index is 0.0119. The third kappa shape index (κ3) is 3.87. The normalized spacial score (nSPS) is 17.8. The maximum Gasteiger partial charge on any atom is 0.253 e. The summed E-state index contributed by atoms with van der Waals surface area (Å²) in [6.45, 7) is 0.453. The van der Waals surface area contributed by atoms with E-state index in [1.807, 2.05) is 0 Å². The second-order valence-electron chi connectivity index (χ2n) is 5.34. The second kappa shape index (κ2) is 7.30. The Morgan fingerprint density at radius 2 is 2.00 bits per heavy atom. The molecular weight excluding hydrogens is 295 g/mol. The van der Waals surface area contributed by atoms with E-state index < -0.39 is 0 Å². The van der Waals surface area contributed by atoms with Crippen molar-refractivity contribution in [1.82, 2.24) is 5.32 Å². The molecule has 1 unspecified atom stereocenters. The summed E-state index contributed by atoms with van der Waals surface area (Å²) in [5, 5.41) is 3.92. The van der Waals surface area contributed by atoms with Crippen LogP contribution in [0.3, 0.4) is 0 Å². The average molecular weight is 315 g/mol. The van der Waals surface area contributed by atoms with Crippen LogP contribution < -0.4 is 11.1 Å². The van der Waals surface area contributed by atoms with Crippen LogP contribution in [-0.4, -0.2) is 18.5 Å². The summed E-state index contributed by atoms with van der Waals surface area (Å²) in [6, 6.07) is 4.91. The molecule has 0 radical (unpaired) electrons. The Balaban J connectivity index is 2.06. The van der Waals surface area contributed by atoms with Crippen molar-refractivity contribution in [3.05, 3.63) is 33.8 Å². The molecule has 5 heteroatoms. The predicted octanol–water partition coefficient (Wildman–Crippen LogP) is 3.63. The number of carbonyl (C=O) groups excluding carboxylic acids is 1. The number of hydrogen-bond donors (Lipinski definition) is 2. The topological polar surface area (TPSA) is 55.1 Å². The number of benzene rings is 1. The van der Waals surface area contributed by atoms with Gasteiger partial charge in [-0.1, -0.05) is 42.5 Å². The lowest BCUT2D eigenvalue weighted by Crippen LogP contribution is -2.46. The lowest BCUT2D eigenvalue weighted by atomic mass is 9.84. The van der Waals surface area contributed by atoms with Crippen molar-refractivity contribution in [3.63, 3.8) is 0 Å². The Morgan fingerprint density at radius 1 is 1.30 bits per heavy atom. The number of nitrogens with one attached hydrogen (secondary N) is 1. The van der Waals surface area contributed by atoms with Gasteiger partial charge in [-0.15, -0.1) is 0 Å². The monoisotopic (exact) mass is 314 g/mol. The quantitative estimate of drug-likeness (QED) is 0.891. The van der Waals surface area contributed by atoms with Gasteiger partial charge in [0.2, 0.25) is 0 Å². The zero-order valence-corrected chi connectivity index (χ0v) is 12.9. The van der Waals surface area contributed by atoms with Gasteiger partial charge < -0.3 is 11.1 Å². The van der Waals surface area contributed by atoms with E-state index in [1.165, 1.54) is 19.3 Å². The summed E-state index contributed by atoms with van der Waals surface area (Å²) in [7, 11) is 0. The van der Waals surface area contributed by atoms with Crippen molar-refractivity contribution in [3.8, 4) is 0 Å². The van der Waals surface area contributed by atoms with Crippen LogP contribution in [0.2, 0.25) is 10.0 Å². The minimum atomic E-state index is -0.196. The van der Waals surface area contributed by atoms with Crippen molar-refractivity contribution in [2.45, 2.75) is 38.1 Å². The summed E-state index contributed by atoms with van der Waals surface area (Å²) in [5.74, 6) is 0.272. The van der Waals surface area contributed by atoms with Gasteiger partial charge in [-0.25, -0.2) is 0 Å². The molecule has 2 rings (SSSR count). The van der Waals surface area contributed by atoms with Crippen LogP contribution in [0.5, 0.6) is 0 Å². The first kappa shape index (κ1) is 15.6. The third-order valence-corrected chi connectivity index (χ3v) is 4.53. The van der Waals surface area contributed by atoms with Crippen molar-refractivity contribution in [2.24, 2.45) is 11.7 Å². The van der Waals surface area contributed by atoms with Crippen molar-refractivity contribution >= 4 is 29.1 Å². The summed E-state index contributed by atoms with van der Waals surface area (Å²) < 4.78 is 0. The number of hydrogen-bond acceptors (Lipinski definition) is 2. The van der Waals surface area contributed by atoms with Crippen molar-refractivity contribution in [1.29, 1.82) is 0 Å². The molecular formula is C15H20Cl2N2O. The van der Waals surface area contributed by atoms with Gasteiger partial charge in [0.25, 0.3) is 5.91 Å². The fraction of sp³-hybridized carbons (Fsp3) is 0.533. The zero-order chi connectivity index (χ0) is 14.5. The van der Waals surface area contributed by atoms with E-state index >= 15 is 0 Å². The molecule has 0 saturated heterocycles. The highest BCUT2D eigenvalue weighted by atomic mass is 35.5. The molecule has 0 heterocycles. The summed E-state index contributed by atoms with van der Waals surface area (Å²) >= 11 is 12.0. The Bertz CT molecular complexity index is 473. The first-order chi connectivity index (χ1) is 9.61. The Hall–Kier alpha value is -0.770. The molecule has 1 aromatic rings. The third-order valence-electron chi connectivity index (χ3n) is 3.96. The van der Waals surface area contributed by atoms with E-state index in [2.05, 4.69) is 5.32 Å². The van der Waals surface area contributed by atoms with Crippen molar-refractivity contribution < 1.29 is 4.79 Å². The van der Waals surface area contributed by atoms with Crippen LogP contribution in [-0.2, 0) is 0 Å². The molecule has 1 aliphatic carbocycles. The lowest BCUT2D eigenvalue weighted by molar-refractivity contribution is 0.0915. The molecule has 1 atom stereocenters. The fourth-order valence-electron chi connectivity index (χ4n) is 2.82. The van der Waals surface area contributed by atoms with Gasteiger partial charge in [0.05, 0.1) is 10.6 Å². The number of carbonyl (C=O) groups is 1. The van der Waals surface area contributed by atoms with Gasteiger partial charge in [0.15, 0.2) is 0 Å². The second-order valence-corrected chi connectivity index (χ2v) is 6.18. The first-order valence-corrected chi connectivity index (χ1v) is 7.83. The van der Waals surface area contributed by atoms with Crippen LogP contribution in [0.1, 0.15) is 42.5 Å². The molecule has 0 aliphatic heterocycles. The van der Waals surface area contributed by atoms with E-state index in [4.69, 9.17) is 28.9 Å². The van der Waals surface area contributed by atoms with Gasteiger partial charge in [-0.3, -0.25) is 4.79 Å². The molecule has 110 valence electrons. The van der Waals surface area contributed by atoms with E-state index in [9.17, 15) is 4.79 Å². The van der Waals surface area contributed by atoms with Gasteiger partial charge in [0.1, 0.15) is 0 Å². The summed E-state index contributed by atoms with van der Waals surface area (Å²) in [5.41, 5.74) is 6.23. The number of rotatable bonds is 4. The highest BCUT2D eigenvalue weighted by Gasteiger charge is 2.25. The SMILES string of the molecule is NCC(NC(=O)c1cc(Cl)ccc1Cl)C1CCCCC1. The van der Waals surface area contributed by atoms with Crippen LogP contribution in [0.4, 0.5) is 0 Å². The van der Waals surface area contributed by atoms with Crippen molar-refractivity contribution in [2.75, 3.05) is 6.54 Å². The molecule has 1 aromatic carbocycles. The smallest absolute Gasteiger partial charge is 0.253 e. The standard InChI is InChI=1S/C15H20Cl2N2O/c16-11-6-7-13(17)12(8-11)15(20)19-14(9-18)10-4-2-1-3-5-10/h6-8,10,14H,1-5,9,18H2,(H,19,20). The highest BCUT2D eigenvalue weighted by molar-refractivity contribution is 6.35. The molecule has 20 heavy (non-hydrogen) atoms. The Morgan fingerprint density at radius 3 is 2.65 bits per heavy atom. The fourth-order valence-corrected chi connectivity index (χ4v) is 3.20. The van der Waals surface area contributed by atoms with Gasteiger partial charge in [0, 0.05) is 17.6 Å². The van der Waals surface area contributed by atoms with Crippen LogP contribution in [0.15, 0.2) is 18.2 Å². The van der Waals surface area contributed by atoms with Crippen LogP contribution in [0, 0.1) is 5.92 Å². The average Bonchev–Trinajstić information content (AvgIpc) is 2.48. The highest BCUT2D eigenvalue weighted by Crippen LogP contribution is 2.27.